The van der Waals surface area contributed by atoms with E-state index < -0.39 is 0 Å². The van der Waals surface area contributed by atoms with Crippen molar-refractivity contribution < 1.29 is 9.53 Å². The fraction of sp³-hybridized carbons (Fsp3) is 0.353. The van der Waals surface area contributed by atoms with Crippen LogP contribution in [0.3, 0.4) is 0 Å². The molecule has 0 saturated carbocycles. The molecule has 0 radical (unpaired) electrons. The molecule has 120 valence electrons. The smallest absolute Gasteiger partial charge is 0.254 e. The predicted molar refractivity (Wildman–Crippen MR) is 88.8 cm³/mol. The van der Waals surface area contributed by atoms with Gasteiger partial charge in [-0.2, -0.15) is 0 Å². The first-order chi connectivity index (χ1) is 11.1. The Labute approximate surface area is 135 Å². The molecule has 1 aromatic carbocycles. The van der Waals surface area contributed by atoms with Crippen LogP contribution in [-0.2, 0) is 9.53 Å². The molecule has 1 aliphatic rings. The van der Waals surface area contributed by atoms with Gasteiger partial charge in [0.25, 0.3) is 5.91 Å². The van der Waals surface area contributed by atoms with Gasteiger partial charge in [-0.3, -0.25) is 4.79 Å². The van der Waals surface area contributed by atoms with Crippen LogP contribution in [0.2, 0.25) is 0 Å². The fourth-order valence-electron chi connectivity index (χ4n) is 2.42. The third-order valence-electron chi connectivity index (χ3n) is 3.92. The highest BCUT2D eigenvalue weighted by atomic mass is 16.5. The summed E-state index contributed by atoms with van der Waals surface area (Å²) in [6.45, 7) is 4.78. The number of ether oxygens (including phenoxy) is 1. The Bertz CT molecular complexity index is 694. The van der Waals surface area contributed by atoms with E-state index in [0.29, 0.717) is 18.2 Å². The van der Waals surface area contributed by atoms with E-state index in [4.69, 9.17) is 4.74 Å². The Hall–Kier alpha value is -2.47. The minimum Gasteiger partial charge on any atom is -0.368 e. The molecule has 1 saturated heterocycles. The molecule has 6 heteroatoms. The Morgan fingerprint density at radius 1 is 1.13 bits per heavy atom. The van der Waals surface area contributed by atoms with E-state index in [9.17, 15) is 4.79 Å². The molecule has 2 N–H and O–H groups in total. The third kappa shape index (κ3) is 3.84. The van der Waals surface area contributed by atoms with Crippen molar-refractivity contribution >= 4 is 23.2 Å². The molecule has 6 nitrogen and oxygen atoms in total. The maximum Gasteiger partial charge on any atom is 0.254 e. The van der Waals surface area contributed by atoms with Crippen molar-refractivity contribution in [1.82, 2.24) is 10.2 Å². The predicted octanol–water partition coefficient (Wildman–Crippen LogP) is 2.95. The number of hydrogen-bond donors (Lipinski definition) is 2. The lowest BCUT2D eigenvalue weighted by molar-refractivity contribution is -0.124. The summed E-state index contributed by atoms with van der Waals surface area (Å²) in [5.74, 6) is 0.895. The third-order valence-corrected chi connectivity index (χ3v) is 3.92. The molecule has 1 atom stereocenters. The van der Waals surface area contributed by atoms with E-state index in [2.05, 4.69) is 46.8 Å². The van der Waals surface area contributed by atoms with Crippen molar-refractivity contribution in [3.05, 3.63) is 41.5 Å². The molecule has 1 aliphatic heterocycles. The van der Waals surface area contributed by atoms with E-state index in [0.717, 1.165) is 18.5 Å². The molecule has 0 bridgehead atoms. The second kappa shape index (κ2) is 6.75. The molecule has 1 unspecified atom stereocenters. The van der Waals surface area contributed by atoms with Crippen molar-refractivity contribution in [1.29, 1.82) is 0 Å². The van der Waals surface area contributed by atoms with Crippen LogP contribution >= 0.6 is 0 Å². The van der Waals surface area contributed by atoms with Gasteiger partial charge in [0.2, 0.25) is 0 Å². The number of nitrogens with one attached hydrogen (secondary N) is 2. The highest BCUT2D eigenvalue weighted by molar-refractivity contribution is 5.93. The lowest BCUT2D eigenvalue weighted by atomic mass is 10.1. The summed E-state index contributed by atoms with van der Waals surface area (Å²) in [5.41, 5.74) is 3.41. The largest absolute Gasteiger partial charge is 0.368 e. The quantitative estimate of drug-likeness (QED) is 0.907. The van der Waals surface area contributed by atoms with Crippen molar-refractivity contribution in [2.24, 2.45) is 0 Å². The summed E-state index contributed by atoms with van der Waals surface area (Å²) in [6, 6.07) is 9.62. The van der Waals surface area contributed by atoms with Crippen LogP contribution in [0.1, 0.15) is 24.0 Å². The molecule has 0 spiro atoms. The first-order valence-electron chi connectivity index (χ1n) is 7.72. The van der Waals surface area contributed by atoms with Crippen LogP contribution in [0.4, 0.5) is 17.3 Å². The summed E-state index contributed by atoms with van der Waals surface area (Å²) in [7, 11) is 0. The van der Waals surface area contributed by atoms with Crippen molar-refractivity contribution in [3.63, 3.8) is 0 Å². The number of carbonyl (C=O) groups excluding carboxylic acids is 1. The number of nitrogens with zero attached hydrogens (tertiary/aromatic N) is 2. The number of amides is 1. The zero-order chi connectivity index (χ0) is 16.2. The zero-order valence-corrected chi connectivity index (χ0v) is 13.3. The monoisotopic (exact) mass is 312 g/mol. The van der Waals surface area contributed by atoms with Gasteiger partial charge < -0.3 is 15.4 Å². The molecule has 1 fully saturated rings. The SMILES string of the molecule is Cc1ccc(Nc2ccc(NC(=O)C3CCCO3)nn2)cc1C. The van der Waals surface area contributed by atoms with Crippen LogP contribution < -0.4 is 10.6 Å². The van der Waals surface area contributed by atoms with Gasteiger partial charge in [0.05, 0.1) is 0 Å². The zero-order valence-electron chi connectivity index (χ0n) is 13.3. The van der Waals surface area contributed by atoms with Gasteiger partial charge in [-0.15, -0.1) is 10.2 Å². The molecule has 3 rings (SSSR count). The summed E-state index contributed by atoms with van der Waals surface area (Å²) in [6.07, 6.45) is 1.30. The summed E-state index contributed by atoms with van der Waals surface area (Å²) >= 11 is 0. The maximum atomic E-state index is 11.9. The summed E-state index contributed by atoms with van der Waals surface area (Å²) in [5, 5.41) is 14.0. The van der Waals surface area contributed by atoms with Crippen LogP contribution in [-0.4, -0.2) is 28.8 Å². The molecule has 1 aromatic heterocycles. The van der Waals surface area contributed by atoms with Crippen molar-refractivity contribution in [2.45, 2.75) is 32.8 Å². The van der Waals surface area contributed by atoms with Gasteiger partial charge in [-0.25, -0.2) is 0 Å². The van der Waals surface area contributed by atoms with E-state index in [1.54, 1.807) is 12.1 Å². The van der Waals surface area contributed by atoms with Gasteiger partial charge in [0.15, 0.2) is 11.6 Å². The second-order valence-electron chi connectivity index (χ2n) is 5.72. The Balaban J connectivity index is 1.62. The maximum absolute atomic E-state index is 11.9. The molecular formula is C17H20N4O2. The first kappa shape index (κ1) is 15.4. The Morgan fingerprint density at radius 2 is 1.91 bits per heavy atom. The molecule has 2 aromatic rings. The number of hydrogen-bond acceptors (Lipinski definition) is 5. The topological polar surface area (TPSA) is 76.1 Å². The number of benzene rings is 1. The highest BCUT2D eigenvalue weighted by Crippen LogP contribution is 2.19. The molecule has 1 amide bonds. The Morgan fingerprint density at radius 3 is 2.57 bits per heavy atom. The number of aryl methyl sites for hydroxylation is 2. The standard InChI is InChI=1S/C17H20N4O2/c1-11-5-6-13(10-12(11)2)18-15-7-8-16(21-20-15)19-17(22)14-4-3-9-23-14/h5-8,10,14H,3-4,9H2,1-2H3,(H,18,20)(H,19,21,22). The van der Waals surface area contributed by atoms with Gasteiger partial charge in [0, 0.05) is 12.3 Å². The normalized spacial score (nSPS) is 17.0. The Kier molecular flexibility index (Phi) is 4.52. The van der Waals surface area contributed by atoms with E-state index in [1.807, 2.05) is 6.07 Å². The van der Waals surface area contributed by atoms with Gasteiger partial charge >= 0.3 is 0 Å². The van der Waals surface area contributed by atoms with Crippen molar-refractivity contribution in [3.8, 4) is 0 Å². The minimum atomic E-state index is -0.370. The number of carbonyl (C=O) groups is 1. The average molecular weight is 312 g/mol. The van der Waals surface area contributed by atoms with Crippen LogP contribution in [0, 0.1) is 13.8 Å². The van der Waals surface area contributed by atoms with Crippen LogP contribution in [0.25, 0.3) is 0 Å². The van der Waals surface area contributed by atoms with Gasteiger partial charge in [-0.1, -0.05) is 6.07 Å². The van der Waals surface area contributed by atoms with Gasteiger partial charge in [-0.05, 0) is 62.1 Å². The molecule has 2 heterocycles. The van der Waals surface area contributed by atoms with Gasteiger partial charge in [0.1, 0.15) is 6.10 Å². The molecule has 0 aliphatic carbocycles. The molecular weight excluding hydrogens is 292 g/mol. The van der Waals surface area contributed by atoms with E-state index in [1.165, 1.54) is 11.1 Å². The number of rotatable bonds is 4. The van der Waals surface area contributed by atoms with Crippen molar-refractivity contribution in [2.75, 3.05) is 17.2 Å². The fourth-order valence-corrected chi connectivity index (χ4v) is 2.42. The highest BCUT2D eigenvalue weighted by Gasteiger charge is 2.23. The van der Waals surface area contributed by atoms with E-state index in [-0.39, 0.29) is 12.0 Å². The molecule has 23 heavy (non-hydrogen) atoms. The lowest BCUT2D eigenvalue weighted by Gasteiger charge is -2.10. The number of aromatic nitrogens is 2. The van der Waals surface area contributed by atoms with Crippen LogP contribution in [0.5, 0.6) is 0 Å². The lowest BCUT2D eigenvalue weighted by Crippen LogP contribution is -2.27. The first-order valence-corrected chi connectivity index (χ1v) is 7.72. The average Bonchev–Trinajstić information content (AvgIpc) is 3.07. The summed E-state index contributed by atoms with van der Waals surface area (Å²) < 4.78 is 5.34. The summed E-state index contributed by atoms with van der Waals surface area (Å²) in [4.78, 5) is 11.9. The minimum absolute atomic E-state index is 0.160. The van der Waals surface area contributed by atoms with Crippen LogP contribution in [0.15, 0.2) is 30.3 Å². The second-order valence-corrected chi connectivity index (χ2v) is 5.72. The van der Waals surface area contributed by atoms with E-state index >= 15 is 0 Å². The number of anilines is 3.